The van der Waals surface area contributed by atoms with Gasteiger partial charge in [-0.3, -0.25) is 4.98 Å². The predicted octanol–water partition coefficient (Wildman–Crippen LogP) is 1.80. The van der Waals surface area contributed by atoms with Crippen molar-refractivity contribution in [2.24, 2.45) is 5.92 Å². The van der Waals surface area contributed by atoms with Crippen LogP contribution in [0.3, 0.4) is 0 Å². The van der Waals surface area contributed by atoms with Crippen molar-refractivity contribution in [2.45, 2.75) is 32.7 Å². The minimum absolute atomic E-state index is 0.00734. The summed E-state index contributed by atoms with van der Waals surface area (Å²) in [6.07, 6.45) is 5.25. The molecule has 0 radical (unpaired) electrons. The standard InChI is InChI=1S/C12H17N3O2/c1-8-4-3-5-15(9(8)2)11-7-13-6-10(14-11)12(16)17/h6-9H,3-5H2,1-2H3,(H,16,17). The van der Waals surface area contributed by atoms with Gasteiger partial charge in [0.15, 0.2) is 5.69 Å². The fourth-order valence-electron chi connectivity index (χ4n) is 2.26. The molecule has 1 N–H and O–H groups in total. The molecule has 0 saturated carbocycles. The molecular weight excluding hydrogens is 218 g/mol. The molecule has 2 rings (SSSR count). The third-order valence-electron chi connectivity index (χ3n) is 3.51. The zero-order chi connectivity index (χ0) is 12.4. The smallest absolute Gasteiger partial charge is 0.356 e. The number of carboxylic acids is 1. The van der Waals surface area contributed by atoms with Crippen LogP contribution < -0.4 is 4.90 Å². The van der Waals surface area contributed by atoms with Crippen LogP contribution in [0.4, 0.5) is 5.82 Å². The number of carbonyl (C=O) groups is 1. The predicted molar refractivity (Wildman–Crippen MR) is 64.2 cm³/mol. The summed E-state index contributed by atoms with van der Waals surface area (Å²) in [6, 6.07) is 0.377. The first kappa shape index (κ1) is 11.8. The van der Waals surface area contributed by atoms with Crippen LogP contribution in [-0.2, 0) is 0 Å². The van der Waals surface area contributed by atoms with Crippen molar-refractivity contribution in [3.8, 4) is 0 Å². The minimum Gasteiger partial charge on any atom is -0.476 e. The molecule has 0 amide bonds. The summed E-state index contributed by atoms with van der Waals surface area (Å²) in [5, 5.41) is 8.90. The van der Waals surface area contributed by atoms with Gasteiger partial charge in [-0.25, -0.2) is 9.78 Å². The van der Waals surface area contributed by atoms with Crippen LogP contribution in [-0.4, -0.2) is 33.6 Å². The van der Waals surface area contributed by atoms with Crippen LogP contribution in [0.5, 0.6) is 0 Å². The molecule has 92 valence electrons. The summed E-state index contributed by atoms with van der Waals surface area (Å²) in [6.45, 7) is 5.29. The van der Waals surface area contributed by atoms with Gasteiger partial charge in [0.2, 0.25) is 0 Å². The largest absolute Gasteiger partial charge is 0.476 e. The van der Waals surface area contributed by atoms with Gasteiger partial charge in [0.1, 0.15) is 5.82 Å². The molecule has 2 heterocycles. The molecule has 1 aromatic heterocycles. The summed E-state index contributed by atoms with van der Waals surface area (Å²) < 4.78 is 0. The zero-order valence-corrected chi connectivity index (χ0v) is 10.1. The SMILES string of the molecule is CC1CCCN(c2cncc(C(=O)O)n2)C1C. The normalized spacial score (nSPS) is 24.7. The molecule has 1 fully saturated rings. The average Bonchev–Trinajstić information content (AvgIpc) is 2.33. The first-order chi connectivity index (χ1) is 8.09. The van der Waals surface area contributed by atoms with Gasteiger partial charge in [0.05, 0.1) is 12.4 Å². The molecular formula is C12H17N3O2. The van der Waals surface area contributed by atoms with E-state index in [1.807, 2.05) is 0 Å². The van der Waals surface area contributed by atoms with E-state index < -0.39 is 5.97 Å². The highest BCUT2D eigenvalue weighted by atomic mass is 16.4. The van der Waals surface area contributed by atoms with Gasteiger partial charge in [-0.15, -0.1) is 0 Å². The Morgan fingerprint density at radius 2 is 2.24 bits per heavy atom. The lowest BCUT2D eigenvalue weighted by Gasteiger charge is -2.38. The van der Waals surface area contributed by atoms with Crippen molar-refractivity contribution in [2.75, 3.05) is 11.4 Å². The Morgan fingerprint density at radius 1 is 1.47 bits per heavy atom. The van der Waals surface area contributed by atoms with Gasteiger partial charge in [-0.05, 0) is 25.7 Å². The number of aromatic carboxylic acids is 1. The summed E-state index contributed by atoms with van der Waals surface area (Å²) in [5.74, 6) is 0.236. The lowest BCUT2D eigenvalue weighted by molar-refractivity contribution is 0.0690. The van der Waals surface area contributed by atoms with Gasteiger partial charge >= 0.3 is 5.97 Å². The van der Waals surface area contributed by atoms with Crippen molar-refractivity contribution in [3.05, 3.63) is 18.1 Å². The highest BCUT2D eigenvalue weighted by molar-refractivity contribution is 5.85. The van der Waals surface area contributed by atoms with Crippen LogP contribution in [0.25, 0.3) is 0 Å². The van der Waals surface area contributed by atoms with Crippen LogP contribution >= 0.6 is 0 Å². The molecule has 0 aliphatic carbocycles. The Morgan fingerprint density at radius 3 is 2.94 bits per heavy atom. The summed E-state index contributed by atoms with van der Waals surface area (Å²) in [7, 11) is 0. The van der Waals surface area contributed by atoms with Crippen molar-refractivity contribution in [1.82, 2.24) is 9.97 Å². The highest BCUT2D eigenvalue weighted by Gasteiger charge is 2.26. The van der Waals surface area contributed by atoms with Crippen LogP contribution in [0.1, 0.15) is 37.2 Å². The molecule has 0 spiro atoms. The molecule has 1 saturated heterocycles. The lowest BCUT2D eigenvalue weighted by Crippen LogP contribution is -2.43. The second-order valence-corrected chi connectivity index (χ2v) is 4.62. The monoisotopic (exact) mass is 235 g/mol. The van der Waals surface area contributed by atoms with Gasteiger partial charge in [-0.2, -0.15) is 0 Å². The number of anilines is 1. The maximum Gasteiger partial charge on any atom is 0.356 e. The molecule has 0 aromatic carbocycles. The molecule has 1 aliphatic rings. The van der Waals surface area contributed by atoms with Crippen LogP contribution in [0.2, 0.25) is 0 Å². The van der Waals surface area contributed by atoms with E-state index in [1.54, 1.807) is 6.20 Å². The quantitative estimate of drug-likeness (QED) is 0.846. The maximum absolute atomic E-state index is 10.9. The van der Waals surface area contributed by atoms with E-state index in [0.29, 0.717) is 17.8 Å². The summed E-state index contributed by atoms with van der Waals surface area (Å²) in [4.78, 5) is 21.1. The fourth-order valence-corrected chi connectivity index (χ4v) is 2.26. The van der Waals surface area contributed by atoms with Gasteiger partial charge in [-0.1, -0.05) is 6.92 Å². The fraction of sp³-hybridized carbons (Fsp3) is 0.583. The summed E-state index contributed by atoms with van der Waals surface area (Å²) in [5.41, 5.74) is 0.00734. The number of nitrogens with zero attached hydrogens (tertiary/aromatic N) is 3. The van der Waals surface area contributed by atoms with Crippen molar-refractivity contribution in [1.29, 1.82) is 0 Å². The second kappa shape index (κ2) is 4.69. The summed E-state index contributed by atoms with van der Waals surface area (Å²) >= 11 is 0. The number of carboxylic acid groups (broad SMARTS) is 1. The van der Waals surface area contributed by atoms with E-state index in [9.17, 15) is 4.79 Å². The van der Waals surface area contributed by atoms with Crippen molar-refractivity contribution >= 4 is 11.8 Å². The van der Waals surface area contributed by atoms with E-state index in [0.717, 1.165) is 13.0 Å². The number of aromatic nitrogens is 2. The molecule has 5 heteroatoms. The Labute approximate surface area is 100 Å². The van der Waals surface area contributed by atoms with E-state index >= 15 is 0 Å². The van der Waals surface area contributed by atoms with Crippen molar-refractivity contribution < 1.29 is 9.90 Å². The van der Waals surface area contributed by atoms with E-state index in [2.05, 4.69) is 28.7 Å². The molecule has 17 heavy (non-hydrogen) atoms. The number of hydrogen-bond donors (Lipinski definition) is 1. The van der Waals surface area contributed by atoms with E-state index in [1.165, 1.54) is 12.6 Å². The van der Waals surface area contributed by atoms with Crippen LogP contribution in [0.15, 0.2) is 12.4 Å². The average molecular weight is 235 g/mol. The molecule has 0 bridgehead atoms. The minimum atomic E-state index is -1.03. The molecule has 2 unspecified atom stereocenters. The Balaban J connectivity index is 2.26. The topological polar surface area (TPSA) is 66.3 Å². The zero-order valence-electron chi connectivity index (χ0n) is 10.1. The highest BCUT2D eigenvalue weighted by Crippen LogP contribution is 2.26. The van der Waals surface area contributed by atoms with Gasteiger partial charge in [0.25, 0.3) is 0 Å². The lowest BCUT2D eigenvalue weighted by atomic mass is 9.92. The molecule has 5 nitrogen and oxygen atoms in total. The Hall–Kier alpha value is -1.65. The third kappa shape index (κ3) is 2.38. The van der Waals surface area contributed by atoms with E-state index in [-0.39, 0.29) is 5.69 Å². The van der Waals surface area contributed by atoms with Crippen molar-refractivity contribution in [3.63, 3.8) is 0 Å². The number of piperidine rings is 1. The van der Waals surface area contributed by atoms with E-state index in [4.69, 9.17) is 5.11 Å². The number of hydrogen-bond acceptors (Lipinski definition) is 4. The van der Waals surface area contributed by atoms with Gasteiger partial charge < -0.3 is 10.0 Å². The Kier molecular flexibility index (Phi) is 3.26. The maximum atomic E-state index is 10.9. The molecule has 1 aromatic rings. The van der Waals surface area contributed by atoms with Crippen LogP contribution in [0, 0.1) is 5.92 Å². The van der Waals surface area contributed by atoms with Gasteiger partial charge in [0, 0.05) is 12.6 Å². The molecule has 2 atom stereocenters. The number of rotatable bonds is 2. The first-order valence-electron chi connectivity index (χ1n) is 5.91. The Bertz CT molecular complexity index is 422. The third-order valence-corrected chi connectivity index (χ3v) is 3.51. The second-order valence-electron chi connectivity index (χ2n) is 4.62. The first-order valence-corrected chi connectivity index (χ1v) is 5.91. The molecule has 1 aliphatic heterocycles.